The van der Waals surface area contributed by atoms with E-state index in [4.69, 9.17) is 49.8 Å². The lowest BCUT2D eigenvalue weighted by molar-refractivity contribution is 1.07. The number of rotatable bonds is 21. The van der Waals surface area contributed by atoms with Gasteiger partial charge < -0.3 is 0 Å². The highest BCUT2D eigenvalue weighted by Crippen LogP contribution is 2.43. The molecular weight excluding hydrogens is 1800 g/mol. The lowest BCUT2D eigenvalue weighted by atomic mass is 9.91. The predicted molar refractivity (Wildman–Crippen MR) is 592 cm³/mol. The number of aryl methyl sites for hydroxylation is 3. The van der Waals surface area contributed by atoms with Crippen LogP contribution in [0.3, 0.4) is 0 Å². The van der Waals surface area contributed by atoms with Crippen molar-refractivity contribution in [2.24, 2.45) is 0 Å². The second kappa shape index (κ2) is 43.1. The van der Waals surface area contributed by atoms with E-state index in [-0.39, 0.29) is 0 Å². The van der Waals surface area contributed by atoms with Crippen LogP contribution in [0.15, 0.2) is 505 Å². The van der Waals surface area contributed by atoms with Crippen LogP contribution in [0.1, 0.15) is 16.7 Å². The topological polar surface area (TPSA) is 206 Å². The molecule has 0 aliphatic carbocycles. The monoisotopic (exact) mass is 1890 g/mol. The van der Waals surface area contributed by atoms with Gasteiger partial charge in [0, 0.05) is 122 Å². The third kappa shape index (κ3) is 21.9. The number of nitrogens with zero attached hydrogens (tertiary/aromatic N) is 16. The second-order valence-electron chi connectivity index (χ2n) is 35.7. The fourth-order valence-corrected chi connectivity index (χ4v) is 17.7. The summed E-state index contributed by atoms with van der Waals surface area (Å²) in [5.74, 6) is 5.55. The highest BCUT2D eigenvalue weighted by atomic mass is 15.1. The van der Waals surface area contributed by atoms with Crippen LogP contribution in [-0.4, -0.2) is 79.7 Å². The molecule has 0 aliphatic rings. The average molecular weight is 1890 g/mol. The molecule has 0 unspecified atom stereocenters. The molecule has 0 saturated carbocycles. The minimum absolute atomic E-state index is 0.590. The van der Waals surface area contributed by atoms with Gasteiger partial charge >= 0.3 is 0 Å². The SMILES string of the molecule is Cc1ccc(-c2cc(-c3cc(-c4ccccn4)cc(-c4ccccn4)c3)cc(-c3nc(-c4ccccc4)nc(-c4ccccc4)n3)c2)cc1.Cc1ccc(-c2cc(-c3cc(-c4ccccn4)nc(-c4ccccn4)c3)cc(-c3nc(-c4ccccc4)nc(-c4ccccc4)n3)c2)cc1.Cc1ccc(-c2cc(-c3cc(-c4cccnc4)cc(-c4cccnc4)c3)cc(-c3nc(-c4ccccc4)nc(-c4ccccc4)n3)c2)cc1. The Morgan fingerprint density at radius 2 is 0.306 bits per heavy atom. The summed E-state index contributed by atoms with van der Waals surface area (Å²) in [6, 6.07) is 155. The van der Waals surface area contributed by atoms with Crippen LogP contribution in [0.4, 0.5) is 0 Å². The minimum atomic E-state index is 0.590. The summed E-state index contributed by atoms with van der Waals surface area (Å²) in [6.07, 6.45) is 14.6. The first-order valence-electron chi connectivity index (χ1n) is 48.6. The maximum Gasteiger partial charge on any atom is 0.164 e. The Morgan fingerprint density at radius 1 is 0.116 bits per heavy atom. The van der Waals surface area contributed by atoms with E-state index in [1.807, 2.05) is 292 Å². The molecule has 14 aromatic carbocycles. The van der Waals surface area contributed by atoms with Crippen LogP contribution >= 0.6 is 0 Å². The van der Waals surface area contributed by atoms with Crippen LogP contribution < -0.4 is 0 Å². The predicted octanol–water partition coefficient (Wildman–Crippen LogP) is 31.3. The largest absolute Gasteiger partial charge is 0.264 e. The van der Waals surface area contributed by atoms with Crippen LogP contribution in [0.2, 0.25) is 0 Å². The molecule has 24 rings (SSSR count). The van der Waals surface area contributed by atoms with Gasteiger partial charge in [-0.3, -0.25) is 29.9 Å². The van der Waals surface area contributed by atoms with Crippen molar-refractivity contribution >= 4 is 0 Å². The molecule has 0 aliphatic heterocycles. The molecule has 0 atom stereocenters. The van der Waals surface area contributed by atoms with E-state index in [1.54, 1.807) is 24.8 Å². The van der Waals surface area contributed by atoms with Gasteiger partial charge in [-0.1, -0.05) is 308 Å². The first-order valence-corrected chi connectivity index (χ1v) is 48.6. The first kappa shape index (κ1) is 92.2. The number of aromatic nitrogens is 16. The molecule has 0 bridgehead atoms. The van der Waals surface area contributed by atoms with Gasteiger partial charge in [0.15, 0.2) is 52.4 Å². The average Bonchev–Trinajstić information content (AvgIpc) is 0.778. The summed E-state index contributed by atoms with van der Waals surface area (Å²) in [4.78, 5) is 77.6. The minimum Gasteiger partial charge on any atom is -0.264 e. The maximum absolute atomic E-state index is 5.07. The summed E-state index contributed by atoms with van der Waals surface area (Å²) in [5.41, 5.74) is 35.7. The quantitative estimate of drug-likeness (QED) is 0.0655. The summed E-state index contributed by atoms with van der Waals surface area (Å²) in [6.45, 7) is 6.31. The lowest BCUT2D eigenvalue weighted by Gasteiger charge is -2.15. The molecule has 16 nitrogen and oxygen atoms in total. The van der Waals surface area contributed by atoms with Crippen molar-refractivity contribution in [3.8, 4) is 237 Å². The zero-order chi connectivity index (χ0) is 99.0. The Kier molecular flexibility index (Phi) is 27.0. The van der Waals surface area contributed by atoms with Gasteiger partial charge in [0.2, 0.25) is 0 Å². The Hall–Kier alpha value is -19.8. The summed E-state index contributed by atoms with van der Waals surface area (Å²) in [5, 5.41) is 0. The number of hydrogen-bond donors (Lipinski definition) is 0. The van der Waals surface area contributed by atoms with Crippen molar-refractivity contribution in [2.45, 2.75) is 20.8 Å². The third-order valence-corrected chi connectivity index (χ3v) is 25.3. The molecule has 696 valence electrons. The number of hydrogen-bond acceptors (Lipinski definition) is 16. The maximum atomic E-state index is 5.07. The van der Waals surface area contributed by atoms with Gasteiger partial charge in [-0.2, -0.15) is 0 Å². The Bertz CT molecular complexity index is 7110. The molecule has 0 radical (unpaired) electrons. The Balaban J connectivity index is 0.000000125. The van der Waals surface area contributed by atoms with E-state index in [1.165, 1.54) is 16.7 Å². The molecule has 147 heavy (non-hydrogen) atoms. The van der Waals surface area contributed by atoms with E-state index >= 15 is 0 Å². The molecule has 24 aromatic rings. The Labute approximate surface area is 852 Å². The molecule has 16 heteroatoms. The van der Waals surface area contributed by atoms with Crippen LogP contribution in [0, 0.1) is 20.8 Å². The summed E-state index contributed by atoms with van der Waals surface area (Å²) in [7, 11) is 0. The zero-order valence-electron chi connectivity index (χ0n) is 80.6. The molecule has 10 aromatic heterocycles. The smallest absolute Gasteiger partial charge is 0.164 e. The van der Waals surface area contributed by atoms with Gasteiger partial charge in [0.1, 0.15) is 0 Å². The van der Waals surface area contributed by atoms with Gasteiger partial charge in [0.25, 0.3) is 0 Å². The Morgan fingerprint density at radius 3 is 0.537 bits per heavy atom. The highest BCUT2D eigenvalue weighted by Gasteiger charge is 2.23. The van der Waals surface area contributed by atoms with Crippen molar-refractivity contribution in [1.29, 1.82) is 0 Å². The van der Waals surface area contributed by atoms with Gasteiger partial charge in [-0.05, 0) is 262 Å². The normalized spacial score (nSPS) is 11.0. The molecule has 0 amide bonds. The fourth-order valence-electron chi connectivity index (χ4n) is 17.7. The molecule has 0 saturated heterocycles. The van der Waals surface area contributed by atoms with Crippen LogP contribution in [-0.2, 0) is 0 Å². The van der Waals surface area contributed by atoms with Crippen molar-refractivity contribution in [3.05, 3.63) is 521 Å². The van der Waals surface area contributed by atoms with Crippen LogP contribution in [0.25, 0.3) is 237 Å². The molecule has 0 spiro atoms. The van der Waals surface area contributed by atoms with Crippen molar-refractivity contribution < 1.29 is 0 Å². The van der Waals surface area contributed by atoms with Gasteiger partial charge in [0.05, 0.1) is 34.2 Å². The highest BCUT2D eigenvalue weighted by molar-refractivity contribution is 5.90. The van der Waals surface area contributed by atoms with Gasteiger partial charge in [-0.25, -0.2) is 49.8 Å². The summed E-state index contributed by atoms with van der Waals surface area (Å²) < 4.78 is 0. The molecular formula is C131H92N16. The van der Waals surface area contributed by atoms with Crippen LogP contribution in [0.5, 0.6) is 0 Å². The molecule has 0 fully saturated rings. The lowest BCUT2D eigenvalue weighted by Crippen LogP contribution is -2.00. The zero-order valence-corrected chi connectivity index (χ0v) is 80.6. The standard InChI is InChI=1S/2C44H31N5.C43H30N6/c1-30-18-20-31(21-19-30)34-24-35(36-25-37(40-16-8-10-22-45-40)29-38(26-36)41-17-9-11-23-46-41)28-39(27-34)44-48-42(32-12-4-2-5-13-32)47-43(49-44)33-14-6-3-7-15-33;1-30-16-18-31(19-17-30)36-22-40(39-24-37(34-14-8-20-45-28-34)23-38(25-39)35-15-9-21-46-29-35)27-41(26-36)44-48-42(32-10-4-2-5-11-32)47-43(49-44)33-12-6-3-7-13-33;1-29-18-20-30(21-19-29)33-24-34(35-27-39(37-16-8-10-22-44-37)46-40(28-35)38-17-9-11-23-45-38)26-36(25-33)43-48-41(31-12-4-2-5-13-31)47-42(49-43)32-14-6-3-7-15-32/h2*2-29H,1H3;2-28H,1H3. The summed E-state index contributed by atoms with van der Waals surface area (Å²) >= 11 is 0. The van der Waals surface area contributed by atoms with E-state index in [0.717, 1.165) is 184 Å². The van der Waals surface area contributed by atoms with Crippen molar-refractivity contribution in [3.63, 3.8) is 0 Å². The van der Waals surface area contributed by atoms with Gasteiger partial charge in [-0.15, -0.1) is 0 Å². The van der Waals surface area contributed by atoms with E-state index in [9.17, 15) is 0 Å². The van der Waals surface area contributed by atoms with E-state index in [0.29, 0.717) is 52.4 Å². The molecule has 10 heterocycles. The second-order valence-corrected chi connectivity index (χ2v) is 35.7. The fraction of sp³-hybridized carbons (Fsp3) is 0.0229. The third-order valence-electron chi connectivity index (χ3n) is 25.3. The van der Waals surface area contributed by atoms with E-state index in [2.05, 4.69) is 239 Å². The van der Waals surface area contributed by atoms with E-state index < -0.39 is 0 Å². The number of pyridine rings is 7. The van der Waals surface area contributed by atoms with Crippen molar-refractivity contribution in [1.82, 2.24) is 79.7 Å². The molecule has 0 N–H and O–H groups in total. The number of benzene rings is 14. The first-order chi connectivity index (χ1) is 72.5. The van der Waals surface area contributed by atoms with Crippen molar-refractivity contribution in [2.75, 3.05) is 0 Å².